The molecule has 0 heterocycles. The van der Waals surface area contributed by atoms with E-state index in [1.54, 1.807) is 12.1 Å². The Bertz CT molecular complexity index is 505. The van der Waals surface area contributed by atoms with Crippen LogP contribution < -0.4 is 5.48 Å². The quantitative estimate of drug-likeness (QED) is 0.620. The van der Waals surface area contributed by atoms with Crippen molar-refractivity contribution in [2.24, 2.45) is 0 Å². The van der Waals surface area contributed by atoms with Crippen molar-refractivity contribution >= 4 is 0 Å². The van der Waals surface area contributed by atoms with E-state index in [1.807, 2.05) is 30.3 Å². The highest BCUT2D eigenvalue weighted by Crippen LogP contribution is 2.13. The van der Waals surface area contributed by atoms with Gasteiger partial charge in [0.2, 0.25) is 0 Å². The molecule has 2 rings (SSSR count). The molecule has 2 aromatic rings. The van der Waals surface area contributed by atoms with Gasteiger partial charge in [0, 0.05) is 0 Å². The standard InChI is InChI=1S/C15H16FNO2/c16-14-8-4-7-13(9-14)15(18)10-17-19-11-12-5-2-1-3-6-12/h1-9,15,17-18H,10-11H2. The van der Waals surface area contributed by atoms with Gasteiger partial charge >= 0.3 is 0 Å². The molecule has 4 heteroatoms. The average molecular weight is 261 g/mol. The molecule has 0 fully saturated rings. The molecule has 0 aromatic heterocycles. The topological polar surface area (TPSA) is 41.5 Å². The minimum Gasteiger partial charge on any atom is -0.387 e. The van der Waals surface area contributed by atoms with Gasteiger partial charge in [-0.05, 0) is 23.3 Å². The van der Waals surface area contributed by atoms with Crippen LogP contribution in [0.4, 0.5) is 4.39 Å². The Kier molecular flexibility index (Phi) is 5.03. The molecule has 19 heavy (non-hydrogen) atoms. The van der Waals surface area contributed by atoms with E-state index < -0.39 is 6.10 Å². The molecule has 0 radical (unpaired) electrons. The molecule has 100 valence electrons. The first-order valence-electron chi connectivity index (χ1n) is 6.08. The van der Waals surface area contributed by atoms with Crippen LogP contribution in [0.5, 0.6) is 0 Å². The largest absolute Gasteiger partial charge is 0.387 e. The van der Waals surface area contributed by atoms with Gasteiger partial charge in [0.25, 0.3) is 0 Å². The summed E-state index contributed by atoms with van der Waals surface area (Å²) in [6.45, 7) is 0.618. The highest BCUT2D eigenvalue weighted by atomic mass is 19.1. The maximum Gasteiger partial charge on any atom is 0.123 e. The Balaban J connectivity index is 1.74. The lowest BCUT2D eigenvalue weighted by molar-refractivity contribution is 0.00265. The van der Waals surface area contributed by atoms with Crippen LogP contribution in [-0.4, -0.2) is 11.7 Å². The number of halogens is 1. The Morgan fingerprint density at radius 3 is 2.63 bits per heavy atom. The number of hydrogen-bond donors (Lipinski definition) is 2. The van der Waals surface area contributed by atoms with Gasteiger partial charge in [0.1, 0.15) is 5.82 Å². The first-order chi connectivity index (χ1) is 9.25. The highest BCUT2D eigenvalue weighted by molar-refractivity contribution is 5.18. The van der Waals surface area contributed by atoms with Crippen molar-refractivity contribution < 1.29 is 14.3 Å². The number of hydrogen-bond acceptors (Lipinski definition) is 3. The summed E-state index contributed by atoms with van der Waals surface area (Å²) >= 11 is 0. The van der Waals surface area contributed by atoms with Crippen LogP contribution in [0.25, 0.3) is 0 Å². The van der Waals surface area contributed by atoms with E-state index in [0.717, 1.165) is 5.56 Å². The third kappa shape index (κ3) is 4.44. The third-order valence-corrected chi connectivity index (χ3v) is 2.69. The normalized spacial score (nSPS) is 12.3. The number of aliphatic hydroxyl groups is 1. The molecular formula is C15H16FNO2. The van der Waals surface area contributed by atoms with E-state index in [4.69, 9.17) is 4.84 Å². The maximum atomic E-state index is 13.0. The zero-order chi connectivity index (χ0) is 13.5. The zero-order valence-corrected chi connectivity index (χ0v) is 10.4. The van der Waals surface area contributed by atoms with Crippen molar-refractivity contribution in [3.05, 3.63) is 71.5 Å². The molecule has 2 N–H and O–H groups in total. The van der Waals surface area contributed by atoms with E-state index >= 15 is 0 Å². The predicted molar refractivity (Wildman–Crippen MR) is 70.6 cm³/mol. The molecule has 0 bridgehead atoms. The average Bonchev–Trinajstić information content (AvgIpc) is 2.44. The summed E-state index contributed by atoms with van der Waals surface area (Å²) in [5, 5.41) is 9.83. The highest BCUT2D eigenvalue weighted by Gasteiger charge is 2.07. The van der Waals surface area contributed by atoms with E-state index in [1.165, 1.54) is 12.1 Å². The van der Waals surface area contributed by atoms with Gasteiger partial charge in [-0.3, -0.25) is 4.84 Å². The van der Waals surface area contributed by atoms with Gasteiger partial charge in [0.05, 0.1) is 19.3 Å². The summed E-state index contributed by atoms with van der Waals surface area (Å²) in [6.07, 6.45) is -0.800. The molecule has 2 aromatic carbocycles. The maximum absolute atomic E-state index is 13.0. The van der Waals surface area contributed by atoms with Gasteiger partial charge in [-0.25, -0.2) is 4.39 Å². The van der Waals surface area contributed by atoms with Crippen molar-refractivity contribution in [2.75, 3.05) is 6.54 Å². The Morgan fingerprint density at radius 1 is 1.11 bits per heavy atom. The lowest BCUT2D eigenvalue weighted by atomic mass is 10.1. The van der Waals surface area contributed by atoms with Crippen LogP contribution in [0.15, 0.2) is 54.6 Å². The van der Waals surface area contributed by atoms with Gasteiger partial charge in [-0.15, -0.1) is 0 Å². The summed E-state index contributed by atoms with van der Waals surface area (Å²) in [5.74, 6) is -0.359. The SMILES string of the molecule is OC(CNOCc1ccccc1)c1cccc(F)c1. The van der Waals surface area contributed by atoms with Crippen LogP contribution >= 0.6 is 0 Å². The van der Waals surface area contributed by atoms with Crippen molar-refractivity contribution in [3.63, 3.8) is 0 Å². The van der Waals surface area contributed by atoms with Gasteiger partial charge < -0.3 is 5.11 Å². The van der Waals surface area contributed by atoms with Crippen LogP contribution in [0, 0.1) is 5.82 Å². The summed E-state index contributed by atoms with van der Waals surface area (Å²) in [5.41, 5.74) is 4.24. The zero-order valence-electron chi connectivity index (χ0n) is 10.4. The molecule has 0 aliphatic carbocycles. The van der Waals surface area contributed by atoms with Gasteiger partial charge in [-0.1, -0.05) is 42.5 Å². The van der Waals surface area contributed by atoms with E-state index in [-0.39, 0.29) is 12.4 Å². The Hall–Kier alpha value is -1.75. The number of aliphatic hydroxyl groups excluding tert-OH is 1. The molecule has 1 unspecified atom stereocenters. The predicted octanol–water partition coefficient (Wildman–Crippen LogP) is 2.58. The fourth-order valence-corrected chi connectivity index (χ4v) is 1.68. The van der Waals surface area contributed by atoms with Crippen LogP contribution in [-0.2, 0) is 11.4 Å². The second-order valence-corrected chi connectivity index (χ2v) is 4.19. The smallest absolute Gasteiger partial charge is 0.123 e. The van der Waals surface area contributed by atoms with Crippen molar-refractivity contribution in [3.8, 4) is 0 Å². The molecule has 0 aliphatic heterocycles. The molecule has 0 spiro atoms. The molecular weight excluding hydrogens is 245 g/mol. The van der Waals surface area contributed by atoms with Crippen molar-refractivity contribution in [2.45, 2.75) is 12.7 Å². The first kappa shape index (κ1) is 13.7. The summed E-state index contributed by atoms with van der Waals surface area (Å²) in [6, 6.07) is 15.6. The van der Waals surface area contributed by atoms with Crippen LogP contribution in [0.2, 0.25) is 0 Å². The minimum absolute atomic E-state index is 0.205. The van der Waals surface area contributed by atoms with Gasteiger partial charge in [0.15, 0.2) is 0 Å². The molecule has 0 saturated heterocycles. The summed E-state index contributed by atoms with van der Waals surface area (Å²) < 4.78 is 13.0. The second kappa shape index (κ2) is 6.99. The Morgan fingerprint density at radius 2 is 1.89 bits per heavy atom. The molecule has 1 atom stereocenters. The monoisotopic (exact) mass is 261 g/mol. The fourth-order valence-electron chi connectivity index (χ4n) is 1.68. The number of rotatable bonds is 6. The molecule has 0 amide bonds. The number of hydroxylamine groups is 1. The fraction of sp³-hybridized carbons (Fsp3) is 0.200. The van der Waals surface area contributed by atoms with Crippen LogP contribution in [0.3, 0.4) is 0 Å². The third-order valence-electron chi connectivity index (χ3n) is 2.69. The number of nitrogens with one attached hydrogen (secondary N) is 1. The van der Waals surface area contributed by atoms with Gasteiger partial charge in [-0.2, -0.15) is 5.48 Å². The summed E-state index contributed by atoms with van der Waals surface area (Å²) in [4.78, 5) is 5.24. The van der Waals surface area contributed by atoms with Crippen molar-refractivity contribution in [1.29, 1.82) is 0 Å². The molecule has 0 saturated carbocycles. The number of benzene rings is 2. The van der Waals surface area contributed by atoms with Crippen LogP contribution in [0.1, 0.15) is 17.2 Å². The first-order valence-corrected chi connectivity index (χ1v) is 6.08. The lowest BCUT2D eigenvalue weighted by Crippen LogP contribution is -2.21. The second-order valence-electron chi connectivity index (χ2n) is 4.19. The summed E-state index contributed by atoms with van der Waals surface area (Å²) in [7, 11) is 0. The Labute approximate surface area is 111 Å². The van der Waals surface area contributed by atoms with E-state index in [9.17, 15) is 9.50 Å². The molecule has 3 nitrogen and oxygen atoms in total. The molecule has 0 aliphatic rings. The van der Waals surface area contributed by atoms with E-state index in [2.05, 4.69) is 5.48 Å². The lowest BCUT2D eigenvalue weighted by Gasteiger charge is -2.12. The van der Waals surface area contributed by atoms with Crippen molar-refractivity contribution in [1.82, 2.24) is 5.48 Å². The van der Waals surface area contributed by atoms with E-state index in [0.29, 0.717) is 12.2 Å². The minimum atomic E-state index is -0.800.